The molecular weight excluding hydrogens is 384 g/mol. The largest absolute Gasteiger partial charge is 0.384 e. The van der Waals surface area contributed by atoms with Crippen molar-refractivity contribution in [2.45, 2.75) is 55.9 Å². The number of anilines is 1. The number of thiazole rings is 1. The molecule has 0 fully saturated rings. The molecule has 1 aromatic carbocycles. The fourth-order valence-electron chi connectivity index (χ4n) is 3.56. The summed E-state index contributed by atoms with van der Waals surface area (Å²) in [4.78, 5) is 16.6. The molecule has 1 aromatic heterocycles. The zero-order valence-corrected chi connectivity index (χ0v) is 16.9. The molecule has 2 aliphatic rings. The predicted octanol–water partition coefficient (Wildman–Crippen LogP) is 2.89. The van der Waals surface area contributed by atoms with Crippen LogP contribution in [-0.4, -0.2) is 20.3 Å². The van der Waals surface area contributed by atoms with Crippen LogP contribution in [-0.2, 0) is 41.2 Å². The van der Waals surface area contributed by atoms with Gasteiger partial charge in [-0.25, -0.2) is 19.1 Å². The van der Waals surface area contributed by atoms with E-state index in [0.717, 1.165) is 54.7 Å². The van der Waals surface area contributed by atoms with Crippen LogP contribution in [0, 0.1) is 0 Å². The molecule has 7 nitrogen and oxygen atoms in total. The van der Waals surface area contributed by atoms with E-state index in [1.807, 2.05) is 0 Å². The zero-order valence-electron chi connectivity index (χ0n) is 15.2. The molecule has 27 heavy (non-hydrogen) atoms. The Labute approximate surface area is 162 Å². The SMILES string of the molecule is CC(C)(O)c1csc([S@@](N)(=O)=NC(=O)Nc2c3c(cc4c2CC4)CCC3)n1. The molecule has 1 heterocycles. The second-order valence-electron chi connectivity index (χ2n) is 7.53. The van der Waals surface area contributed by atoms with Crippen LogP contribution in [0.5, 0.6) is 0 Å². The maximum absolute atomic E-state index is 12.7. The van der Waals surface area contributed by atoms with E-state index in [-0.39, 0.29) is 4.34 Å². The lowest BCUT2D eigenvalue weighted by atomic mass is 9.83. The summed E-state index contributed by atoms with van der Waals surface area (Å²) in [5, 5.41) is 20.2. The Morgan fingerprint density at radius 1 is 1.30 bits per heavy atom. The molecule has 0 bridgehead atoms. The van der Waals surface area contributed by atoms with Gasteiger partial charge in [-0.2, -0.15) is 0 Å². The van der Waals surface area contributed by atoms with Crippen molar-refractivity contribution in [2.75, 3.05) is 5.32 Å². The van der Waals surface area contributed by atoms with E-state index in [1.54, 1.807) is 19.2 Å². The summed E-state index contributed by atoms with van der Waals surface area (Å²) in [6.07, 6.45) is 4.98. The highest BCUT2D eigenvalue weighted by Gasteiger charge is 2.27. The quantitative estimate of drug-likeness (QED) is 0.726. The van der Waals surface area contributed by atoms with Crippen molar-refractivity contribution in [1.82, 2.24) is 4.98 Å². The summed E-state index contributed by atoms with van der Waals surface area (Å²) in [5.74, 6) is 0. The average Bonchev–Trinajstić information content (AvgIpc) is 3.18. The van der Waals surface area contributed by atoms with Crippen molar-refractivity contribution in [3.05, 3.63) is 39.4 Å². The minimum absolute atomic E-state index is 0.0288. The van der Waals surface area contributed by atoms with Gasteiger partial charge in [0, 0.05) is 11.1 Å². The van der Waals surface area contributed by atoms with Gasteiger partial charge in [0.05, 0.1) is 5.69 Å². The Kier molecular flexibility index (Phi) is 4.38. The number of benzene rings is 1. The Morgan fingerprint density at radius 3 is 2.63 bits per heavy atom. The Hall–Kier alpha value is -1.81. The molecule has 0 radical (unpaired) electrons. The molecule has 0 saturated heterocycles. The summed E-state index contributed by atoms with van der Waals surface area (Å²) < 4.78 is 16.5. The standard InChI is InChI=1S/C18H22N4O3S2/c1-18(2,24)14-9-26-17(20-14)27(19,25)22-16(23)21-15-12-5-3-4-10(12)8-11-6-7-13(11)15/h8-9,24H,3-7H2,1-2H3,(H3,19,21,22,23,25)/t27-/m0/s1. The third kappa shape index (κ3) is 3.40. The van der Waals surface area contributed by atoms with E-state index in [0.29, 0.717) is 5.69 Å². The lowest BCUT2D eigenvalue weighted by Gasteiger charge is -2.25. The molecule has 1 atom stereocenters. The third-order valence-corrected chi connectivity index (χ3v) is 7.72. The van der Waals surface area contributed by atoms with Crippen LogP contribution in [0.15, 0.2) is 20.1 Å². The maximum atomic E-state index is 12.7. The number of carbonyl (C=O) groups is 1. The number of nitrogens with zero attached hydrogens (tertiary/aromatic N) is 2. The van der Waals surface area contributed by atoms with E-state index >= 15 is 0 Å². The normalized spacial score (nSPS) is 17.5. The molecule has 0 unspecified atom stereocenters. The predicted molar refractivity (Wildman–Crippen MR) is 105 cm³/mol. The van der Waals surface area contributed by atoms with Gasteiger partial charge in [0.25, 0.3) is 0 Å². The molecule has 0 saturated carbocycles. The second-order valence-corrected chi connectivity index (χ2v) is 10.4. The van der Waals surface area contributed by atoms with Crippen LogP contribution in [0.3, 0.4) is 0 Å². The molecule has 0 aliphatic heterocycles. The van der Waals surface area contributed by atoms with Crippen LogP contribution in [0.4, 0.5) is 10.5 Å². The van der Waals surface area contributed by atoms with Crippen molar-refractivity contribution in [2.24, 2.45) is 9.50 Å². The smallest absolute Gasteiger partial charge is 0.354 e. The van der Waals surface area contributed by atoms with Crippen LogP contribution in [0.2, 0.25) is 0 Å². The van der Waals surface area contributed by atoms with Crippen molar-refractivity contribution in [3.8, 4) is 0 Å². The van der Waals surface area contributed by atoms with Gasteiger partial charge in [-0.15, -0.1) is 15.7 Å². The first-order chi connectivity index (χ1) is 12.6. The summed E-state index contributed by atoms with van der Waals surface area (Å²) in [7, 11) is -3.48. The van der Waals surface area contributed by atoms with Crippen molar-refractivity contribution < 1.29 is 14.1 Å². The van der Waals surface area contributed by atoms with E-state index in [9.17, 15) is 14.1 Å². The number of hydrogen-bond acceptors (Lipinski definition) is 5. The number of aryl methyl sites for hydroxylation is 2. The van der Waals surface area contributed by atoms with Crippen LogP contribution >= 0.6 is 11.3 Å². The number of aromatic nitrogens is 1. The van der Waals surface area contributed by atoms with Gasteiger partial charge in [-0.3, -0.25) is 0 Å². The van der Waals surface area contributed by atoms with Gasteiger partial charge in [0.2, 0.25) is 4.34 Å². The number of carbonyl (C=O) groups excluding carboxylic acids is 1. The second kappa shape index (κ2) is 6.37. The monoisotopic (exact) mass is 406 g/mol. The number of rotatable bonds is 3. The summed E-state index contributed by atoms with van der Waals surface area (Å²) >= 11 is 1.02. The molecule has 2 aliphatic carbocycles. The molecule has 9 heteroatoms. The number of hydrogen-bond donors (Lipinski definition) is 3. The highest BCUT2D eigenvalue weighted by molar-refractivity contribution is 7.93. The molecular formula is C18H22N4O3S2. The van der Waals surface area contributed by atoms with E-state index < -0.39 is 21.5 Å². The van der Waals surface area contributed by atoms with Gasteiger partial charge in [0.1, 0.15) is 5.60 Å². The molecule has 144 valence electrons. The van der Waals surface area contributed by atoms with Crippen LogP contribution in [0.25, 0.3) is 0 Å². The zero-order chi connectivity index (χ0) is 19.4. The molecule has 2 amide bonds. The van der Waals surface area contributed by atoms with Gasteiger partial charge >= 0.3 is 6.03 Å². The van der Waals surface area contributed by atoms with Crippen molar-refractivity contribution >= 4 is 33.0 Å². The summed E-state index contributed by atoms with van der Waals surface area (Å²) in [6.45, 7) is 3.14. The number of urea groups is 1. The summed E-state index contributed by atoms with van der Waals surface area (Å²) in [6, 6.07) is 1.52. The number of fused-ring (bicyclic) bond motifs is 2. The first-order valence-corrected chi connectivity index (χ1v) is 11.3. The van der Waals surface area contributed by atoms with Crippen LogP contribution in [0.1, 0.15) is 48.2 Å². The molecule has 4 rings (SSSR count). The van der Waals surface area contributed by atoms with E-state index in [1.165, 1.54) is 16.7 Å². The Balaban J connectivity index is 1.63. The highest BCUT2D eigenvalue weighted by Crippen LogP contribution is 2.39. The number of aliphatic hydroxyl groups is 1. The summed E-state index contributed by atoms with van der Waals surface area (Å²) in [5.41, 5.74) is 4.87. The van der Waals surface area contributed by atoms with Gasteiger partial charge in [0.15, 0.2) is 9.92 Å². The number of nitrogens with one attached hydrogen (secondary N) is 1. The molecule has 2 aromatic rings. The first kappa shape index (κ1) is 18.5. The fraction of sp³-hybridized carbons (Fsp3) is 0.444. The third-order valence-electron chi connectivity index (χ3n) is 5.06. The minimum Gasteiger partial charge on any atom is -0.384 e. The maximum Gasteiger partial charge on any atom is 0.354 e. The lowest BCUT2D eigenvalue weighted by molar-refractivity contribution is 0.0741. The average molecular weight is 407 g/mol. The lowest BCUT2D eigenvalue weighted by Crippen LogP contribution is -2.21. The van der Waals surface area contributed by atoms with Crippen LogP contribution < -0.4 is 10.5 Å². The van der Waals surface area contributed by atoms with E-state index in [2.05, 4.69) is 20.7 Å². The molecule has 0 spiro atoms. The highest BCUT2D eigenvalue weighted by atomic mass is 32.2. The fourth-order valence-corrected chi connectivity index (χ4v) is 5.67. The van der Waals surface area contributed by atoms with Gasteiger partial charge < -0.3 is 10.4 Å². The van der Waals surface area contributed by atoms with Gasteiger partial charge in [-0.05, 0) is 68.2 Å². The minimum atomic E-state index is -3.48. The van der Waals surface area contributed by atoms with E-state index in [4.69, 9.17) is 5.14 Å². The van der Waals surface area contributed by atoms with Crippen molar-refractivity contribution in [1.29, 1.82) is 0 Å². The number of amides is 2. The Morgan fingerprint density at radius 2 is 2.00 bits per heavy atom. The topological polar surface area (TPSA) is 118 Å². The first-order valence-electron chi connectivity index (χ1n) is 8.86. The Bertz CT molecular complexity index is 1060. The van der Waals surface area contributed by atoms with Crippen molar-refractivity contribution in [3.63, 3.8) is 0 Å². The molecule has 4 N–H and O–H groups in total. The van der Waals surface area contributed by atoms with Gasteiger partial charge in [-0.1, -0.05) is 6.07 Å². The number of nitrogens with two attached hydrogens (primary N) is 1.